The van der Waals surface area contributed by atoms with Gasteiger partial charge < -0.3 is 9.64 Å². The fourth-order valence-electron chi connectivity index (χ4n) is 2.22. The topological polar surface area (TPSA) is 29.5 Å². The van der Waals surface area contributed by atoms with E-state index in [-0.39, 0.29) is 5.97 Å². The van der Waals surface area contributed by atoms with Crippen LogP contribution in [0.15, 0.2) is 12.3 Å². The third-order valence-corrected chi connectivity index (χ3v) is 3.28. The summed E-state index contributed by atoms with van der Waals surface area (Å²) in [4.78, 5) is 13.5. The quantitative estimate of drug-likeness (QED) is 0.673. The van der Waals surface area contributed by atoms with E-state index in [2.05, 4.69) is 18.4 Å². The largest absolute Gasteiger partial charge is 0.469 e. The van der Waals surface area contributed by atoms with Gasteiger partial charge in [-0.1, -0.05) is 19.9 Å². The summed E-state index contributed by atoms with van der Waals surface area (Å²) >= 11 is 0. The number of carbonyl (C=O) groups is 1. The van der Waals surface area contributed by atoms with E-state index < -0.39 is 0 Å². The molecule has 0 aromatic heterocycles. The Morgan fingerprint density at radius 1 is 1.44 bits per heavy atom. The van der Waals surface area contributed by atoms with Crippen molar-refractivity contribution in [3.8, 4) is 0 Å². The minimum Gasteiger partial charge on any atom is -0.469 e. The second-order valence-electron chi connectivity index (χ2n) is 4.53. The minimum atomic E-state index is -0.0779. The Balaban J connectivity index is 2.28. The van der Waals surface area contributed by atoms with Crippen LogP contribution in [0.1, 0.15) is 39.0 Å². The highest BCUT2D eigenvalue weighted by atomic mass is 16.5. The maximum atomic E-state index is 11.1. The van der Waals surface area contributed by atoms with Crippen LogP contribution < -0.4 is 0 Å². The molecule has 1 fully saturated rings. The Bertz CT molecular complexity index is 242. The van der Waals surface area contributed by atoms with Crippen molar-refractivity contribution >= 4 is 5.97 Å². The molecule has 0 aliphatic carbocycles. The van der Waals surface area contributed by atoms with Crippen molar-refractivity contribution < 1.29 is 9.53 Å². The highest BCUT2D eigenvalue weighted by Gasteiger charge is 2.21. The molecule has 3 heteroatoms. The molecule has 0 radical (unpaired) electrons. The first-order chi connectivity index (χ1) is 7.67. The average Bonchev–Trinajstić information content (AvgIpc) is 2.30. The van der Waals surface area contributed by atoms with Gasteiger partial charge in [0.1, 0.15) is 0 Å². The van der Waals surface area contributed by atoms with Crippen molar-refractivity contribution in [3.63, 3.8) is 0 Å². The summed E-state index contributed by atoms with van der Waals surface area (Å²) in [6, 6.07) is 0. The standard InChI is InChI=1S/C13H23NO2/c1-4-5-11(2)14-8-6-12(7-9-14)10-13(15)16-3/h12H,2,4-10H2,1,3H3. The molecule has 16 heavy (non-hydrogen) atoms. The summed E-state index contributed by atoms with van der Waals surface area (Å²) < 4.78 is 4.70. The summed E-state index contributed by atoms with van der Waals surface area (Å²) in [6.07, 6.45) is 4.98. The number of ether oxygens (including phenoxy) is 1. The second-order valence-corrected chi connectivity index (χ2v) is 4.53. The number of likely N-dealkylation sites (tertiary alicyclic amines) is 1. The maximum Gasteiger partial charge on any atom is 0.305 e. The lowest BCUT2D eigenvalue weighted by Gasteiger charge is -2.34. The number of rotatable bonds is 5. The lowest BCUT2D eigenvalue weighted by atomic mass is 9.93. The summed E-state index contributed by atoms with van der Waals surface area (Å²) in [7, 11) is 1.46. The van der Waals surface area contributed by atoms with Crippen LogP contribution in [-0.2, 0) is 9.53 Å². The fourth-order valence-corrected chi connectivity index (χ4v) is 2.22. The normalized spacial score (nSPS) is 17.2. The zero-order chi connectivity index (χ0) is 12.0. The predicted molar refractivity (Wildman–Crippen MR) is 65.0 cm³/mol. The molecule has 1 heterocycles. The van der Waals surface area contributed by atoms with Gasteiger partial charge in [-0.15, -0.1) is 0 Å². The first-order valence-corrected chi connectivity index (χ1v) is 6.17. The molecule has 0 spiro atoms. The number of carbonyl (C=O) groups excluding carboxylic acids is 1. The van der Waals surface area contributed by atoms with Gasteiger partial charge in [-0.2, -0.15) is 0 Å². The van der Waals surface area contributed by atoms with Gasteiger partial charge in [0, 0.05) is 25.2 Å². The van der Waals surface area contributed by atoms with Gasteiger partial charge in [0.25, 0.3) is 0 Å². The Hall–Kier alpha value is -0.990. The van der Waals surface area contributed by atoms with Crippen LogP contribution in [0.5, 0.6) is 0 Å². The maximum absolute atomic E-state index is 11.1. The lowest BCUT2D eigenvalue weighted by molar-refractivity contribution is -0.142. The van der Waals surface area contributed by atoms with Crippen LogP contribution >= 0.6 is 0 Å². The third-order valence-electron chi connectivity index (χ3n) is 3.28. The van der Waals surface area contributed by atoms with Crippen molar-refractivity contribution in [1.29, 1.82) is 0 Å². The van der Waals surface area contributed by atoms with Gasteiger partial charge in [0.2, 0.25) is 0 Å². The van der Waals surface area contributed by atoms with Gasteiger partial charge in [0.05, 0.1) is 7.11 Å². The van der Waals surface area contributed by atoms with E-state index in [1.54, 1.807) is 0 Å². The van der Waals surface area contributed by atoms with Crippen molar-refractivity contribution in [2.24, 2.45) is 5.92 Å². The van der Waals surface area contributed by atoms with Crippen LogP contribution in [0.3, 0.4) is 0 Å². The van der Waals surface area contributed by atoms with Crippen molar-refractivity contribution in [1.82, 2.24) is 4.90 Å². The molecule has 0 aromatic rings. The number of piperidine rings is 1. The molecule has 0 aromatic carbocycles. The highest BCUT2D eigenvalue weighted by Crippen LogP contribution is 2.24. The zero-order valence-corrected chi connectivity index (χ0v) is 10.5. The number of esters is 1. The molecule has 92 valence electrons. The van der Waals surface area contributed by atoms with Crippen LogP contribution in [-0.4, -0.2) is 31.1 Å². The van der Waals surface area contributed by atoms with E-state index in [1.165, 1.54) is 12.8 Å². The van der Waals surface area contributed by atoms with E-state index in [0.29, 0.717) is 12.3 Å². The fraction of sp³-hybridized carbons (Fsp3) is 0.769. The summed E-state index contributed by atoms with van der Waals surface area (Å²) in [5.41, 5.74) is 1.25. The molecule has 0 unspecified atom stereocenters. The number of methoxy groups -OCH3 is 1. The molecule has 0 amide bonds. The summed E-state index contributed by atoms with van der Waals surface area (Å²) in [6.45, 7) is 8.36. The second kappa shape index (κ2) is 6.56. The SMILES string of the molecule is C=C(CCC)N1CCC(CC(=O)OC)CC1. The summed E-state index contributed by atoms with van der Waals surface area (Å²) in [5.74, 6) is 0.420. The Labute approximate surface area is 98.5 Å². The smallest absolute Gasteiger partial charge is 0.305 e. The molecule has 0 saturated carbocycles. The van der Waals surface area contributed by atoms with Gasteiger partial charge in [0.15, 0.2) is 0 Å². The number of nitrogens with zero attached hydrogens (tertiary/aromatic N) is 1. The van der Waals surface area contributed by atoms with Crippen LogP contribution in [0, 0.1) is 5.92 Å². The molecular weight excluding hydrogens is 202 g/mol. The van der Waals surface area contributed by atoms with Crippen LogP contribution in [0.2, 0.25) is 0 Å². The van der Waals surface area contributed by atoms with Gasteiger partial charge >= 0.3 is 5.97 Å². The molecule has 0 bridgehead atoms. The van der Waals surface area contributed by atoms with E-state index >= 15 is 0 Å². The van der Waals surface area contributed by atoms with E-state index in [0.717, 1.165) is 38.8 Å². The number of hydrogen-bond acceptors (Lipinski definition) is 3. The van der Waals surface area contributed by atoms with Crippen molar-refractivity contribution in [2.45, 2.75) is 39.0 Å². The van der Waals surface area contributed by atoms with E-state index in [4.69, 9.17) is 4.74 Å². The Kier molecular flexibility index (Phi) is 5.36. The number of hydrogen-bond donors (Lipinski definition) is 0. The van der Waals surface area contributed by atoms with Crippen LogP contribution in [0.4, 0.5) is 0 Å². The van der Waals surface area contributed by atoms with Crippen LogP contribution in [0.25, 0.3) is 0 Å². The Morgan fingerprint density at radius 2 is 2.06 bits per heavy atom. The molecule has 1 rings (SSSR count). The molecule has 1 saturated heterocycles. The molecule has 0 atom stereocenters. The highest BCUT2D eigenvalue weighted by molar-refractivity contribution is 5.69. The van der Waals surface area contributed by atoms with E-state index in [1.807, 2.05) is 0 Å². The zero-order valence-electron chi connectivity index (χ0n) is 10.5. The third kappa shape index (κ3) is 3.87. The lowest BCUT2D eigenvalue weighted by Crippen LogP contribution is -2.33. The van der Waals surface area contributed by atoms with Crippen molar-refractivity contribution in [2.75, 3.05) is 20.2 Å². The molecular formula is C13H23NO2. The summed E-state index contributed by atoms with van der Waals surface area (Å²) in [5, 5.41) is 0. The molecule has 0 N–H and O–H groups in total. The van der Waals surface area contributed by atoms with E-state index in [9.17, 15) is 4.79 Å². The monoisotopic (exact) mass is 225 g/mol. The molecule has 3 nitrogen and oxygen atoms in total. The first kappa shape index (κ1) is 13.1. The first-order valence-electron chi connectivity index (χ1n) is 6.17. The van der Waals surface area contributed by atoms with Crippen molar-refractivity contribution in [3.05, 3.63) is 12.3 Å². The molecule has 1 aliphatic heterocycles. The average molecular weight is 225 g/mol. The van der Waals surface area contributed by atoms with Gasteiger partial charge in [-0.05, 0) is 25.2 Å². The number of allylic oxidation sites excluding steroid dienone is 1. The minimum absolute atomic E-state index is 0.0779. The Morgan fingerprint density at radius 3 is 2.56 bits per heavy atom. The van der Waals surface area contributed by atoms with Gasteiger partial charge in [-0.3, -0.25) is 4.79 Å². The molecule has 1 aliphatic rings. The predicted octanol–water partition coefficient (Wildman–Crippen LogP) is 2.58. The van der Waals surface area contributed by atoms with Gasteiger partial charge in [-0.25, -0.2) is 0 Å².